The molecule has 290 valence electrons. The van der Waals surface area contributed by atoms with Gasteiger partial charge in [0.1, 0.15) is 23.0 Å². The quantitative estimate of drug-likeness (QED) is 0.129. The molecule has 0 amide bonds. The van der Waals surface area contributed by atoms with Crippen LogP contribution >= 0.6 is 0 Å². The molecule has 0 aromatic heterocycles. The fourth-order valence-corrected chi connectivity index (χ4v) is 8.29. The average molecular weight is 777 g/mol. The summed E-state index contributed by atoms with van der Waals surface area (Å²) in [6.45, 7) is 8.52. The molecule has 0 spiro atoms. The molecule has 0 saturated heterocycles. The van der Waals surface area contributed by atoms with Crippen LogP contribution < -0.4 is 19.3 Å². The number of hydrogen-bond donors (Lipinski definition) is 0. The molecule has 0 aliphatic heterocycles. The van der Waals surface area contributed by atoms with E-state index >= 15 is 0 Å². The average Bonchev–Trinajstić information content (AvgIpc) is 3.27. The third-order valence-corrected chi connectivity index (χ3v) is 11.4. The van der Waals surface area contributed by atoms with Gasteiger partial charge in [0.25, 0.3) is 0 Å². The molecule has 0 radical (unpaired) electrons. The van der Waals surface area contributed by atoms with Crippen molar-refractivity contribution in [3.63, 3.8) is 0 Å². The maximum Gasteiger partial charge on any atom is 0.137 e. The molecule has 0 atom stereocenters. The number of benzene rings is 10. The van der Waals surface area contributed by atoms with Crippen LogP contribution in [0.3, 0.4) is 0 Å². The zero-order chi connectivity index (χ0) is 40.7. The summed E-state index contributed by atoms with van der Waals surface area (Å²) in [5, 5.41) is 6.44. The van der Waals surface area contributed by atoms with Crippen molar-refractivity contribution in [2.24, 2.45) is 0 Å². The fraction of sp³-hybridized carbons (Fsp3) is 0.0714. The van der Waals surface area contributed by atoms with E-state index < -0.39 is 0 Å². The summed E-state index contributed by atoms with van der Waals surface area (Å²) in [7, 11) is 0. The van der Waals surface area contributed by atoms with Gasteiger partial charge in [0.05, 0.1) is 11.4 Å². The van der Waals surface area contributed by atoms with E-state index in [1.165, 1.54) is 22.3 Å². The molecule has 10 aromatic carbocycles. The lowest BCUT2D eigenvalue weighted by molar-refractivity contribution is 0.488. The second-order valence-electron chi connectivity index (χ2n) is 15.7. The molecule has 0 unspecified atom stereocenters. The summed E-state index contributed by atoms with van der Waals surface area (Å²) in [6, 6.07) is 68.6. The van der Waals surface area contributed by atoms with E-state index in [1.807, 2.05) is 60.7 Å². The second-order valence-corrected chi connectivity index (χ2v) is 15.7. The van der Waals surface area contributed by atoms with Crippen LogP contribution in [0.1, 0.15) is 22.3 Å². The van der Waals surface area contributed by atoms with Crippen molar-refractivity contribution in [3.05, 3.63) is 216 Å². The van der Waals surface area contributed by atoms with Gasteiger partial charge in [0.15, 0.2) is 0 Å². The molecular weight excluding hydrogens is 733 g/mol. The summed E-state index contributed by atoms with van der Waals surface area (Å²) in [5.41, 5.74) is 11.1. The summed E-state index contributed by atoms with van der Waals surface area (Å²) >= 11 is 0. The van der Waals surface area contributed by atoms with Crippen LogP contribution in [-0.2, 0) is 0 Å². The highest BCUT2D eigenvalue weighted by atomic mass is 16.5. The Labute approximate surface area is 351 Å². The molecule has 0 bridgehead atoms. The zero-order valence-electron chi connectivity index (χ0n) is 34.2. The van der Waals surface area contributed by atoms with Crippen molar-refractivity contribution >= 4 is 66.4 Å². The number of hydrogen-bond acceptors (Lipinski definition) is 4. The maximum atomic E-state index is 6.93. The topological polar surface area (TPSA) is 24.9 Å². The zero-order valence-corrected chi connectivity index (χ0v) is 34.2. The van der Waals surface area contributed by atoms with Crippen LogP contribution in [0.25, 0.3) is 32.3 Å². The van der Waals surface area contributed by atoms with Gasteiger partial charge in [-0.1, -0.05) is 119 Å². The molecule has 10 aromatic rings. The van der Waals surface area contributed by atoms with Crippen LogP contribution in [-0.4, -0.2) is 0 Å². The van der Waals surface area contributed by atoms with Crippen molar-refractivity contribution in [2.75, 3.05) is 9.80 Å². The van der Waals surface area contributed by atoms with E-state index in [2.05, 4.69) is 171 Å². The van der Waals surface area contributed by atoms with Crippen molar-refractivity contribution in [3.8, 4) is 23.0 Å². The molecule has 10 rings (SSSR count). The van der Waals surface area contributed by atoms with E-state index in [9.17, 15) is 0 Å². The van der Waals surface area contributed by atoms with E-state index in [1.54, 1.807) is 0 Å². The van der Waals surface area contributed by atoms with E-state index in [-0.39, 0.29) is 0 Å². The fourth-order valence-electron chi connectivity index (χ4n) is 8.29. The second kappa shape index (κ2) is 15.3. The number of anilines is 6. The Hall–Kier alpha value is -7.56. The standard InChI is InChI=1S/C56H44N2O2/c1-37-15-23-41(24-16-37)57(42-25-17-38(2)18-26-42)51-35-53(59-45-11-7-5-8-12-45)49-34-32-48-52(58(43-27-19-39(3)20-28-43)44-29-21-40(4)22-30-44)36-54(60-46-13-9-6-10-14-46)50-33-31-47(51)55(49)56(48)50/h5-36H,1-4H3. The van der Waals surface area contributed by atoms with Gasteiger partial charge < -0.3 is 19.3 Å². The third kappa shape index (κ3) is 6.82. The molecule has 0 saturated carbocycles. The van der Waals surface area contributed by atoms with E-state index in [4.69, 9.17) is 9.47 Å². The SMILES string of the molecule is Cc1ccc(N(c2ccc(C)cc2)c2cc(Oc3ccccc3)c3ccc4c(N(c5ccc(C)cc5)c5ccc(C)cc5)cc(Oc5ccccc5)c5ccc2c3c54)cc1. The monoisotopic (exact) mass is 776 g/mol. The number of para-hydroxylation sites is 2. The van der Waals surface area contributed by atoms with Crippen LogP contribution in [0.2, 0.25) is 0 Å². The Kier molecular flexibility index (Phi) is 9.38. The Bertz CT molecular complexity index is 2780. The van der Waals surface area contributed by atoms with Gasteiger partial charge >= 0.3 is 0 Å². The predicted molar refractivity (Wildman–Crippen MR) is 251 cm³/mol. The van der Waals surface area contributed by atoms with Gasteiger partial charge in [0, 0.05) is 67.2 Å². The molecule has 0 fully saturated rings. The maximum absolute atomic E-state index is 6.93. The van der Waals surface area contributed by atoms with Crippen molar-refractivity contribution in [1.82, 2.24) is 0 Å². The minimum atomic E-state index is 0.771. The Morgan fingerprint density at radius 2 is 0.583 bits per heavy atom. The number of aryl methyl sites for hydroxylation is 4. The van der Waals surface area contributed by atoms with Crippen molar-refractivity contribution in [2.45, 2.75) is 27.7 Å². The smallest absolute Gasteiger partial charge is 0.137 e. The van der Waals surface area contributed by atoms with Crippen LogP contribution in [0, 0.1) is 27.7 Å². The molecule has 0 N–H and O–H groups in total. The van der Waals surface area contributed by atoms with Gasteiger partial charge in [0.2, 0.25) is 0 Å². The van der Waals surface area contributed by atoms with E-state index in [0.717, 1.165) is 89.4 Å². The molecule has 0 aliphatic carbocycles. The molecule has 0 aliphatic rings. The Morgan fingerprint density at radius 3 is 0.883 bits per heavy atom. The van der Waals surface area contributed by atoms with Gasteiger partial charge in [-0.2, -0.15) is 0 Å². The molecule has 4 nitrogen and oxygen atoms in total. The predicted octanol–water partition coefficient (Wildman–Crippen LogP) is 16.3. The minimum Gasteiger partial charge on any atom is -0.457 e. The highest BCUT2D eigenvalue weighted by molar-refractivity contribution is 6.30. The Morgan fingerprint density at radius 1 is 0.300 bits per heavy atom. The van der Waals surface area contributed by atoms with Crippen molar-refractivity contribution < 1.29 is 9.47 Å². The number of rotatable bonds is 10. The van der Waals surface area contributed by atoms with Gasteiger partial charge in [-0.15, -0.1) is 0 Å². The lowest BCUT2D eigenvalue weighted by Crippen LogP contribution is -2.12. The minimum absolute atomic E-state index is 0.771. The first-order valence-electron chi connectivity index (χ1n) is 20.5. The highest BCUT2D eigenvalue weighted by Gasteiger charge is 2.26. The van der Waals surface area contributed by atoms with Crippen molar-refractivity contribution in [1.29, 1.82) is 0 Å². The molecule has 60 heavy (non-hydrogen) atoms. The summed E-state index contributed by atoms with van der Waals surface area (Å²) in [6.07, 6.45) is 0. The first-order chi connectivity index (χ1) is 29.4. The first kappa shape index (κ1) is 36.8. The van der Waals surface area contributed by atoms with Gasteiger partial charge in [-0.25, -0.2) is 0 Å². The molecule has 4 heteroatoms. The molecule has 0 heterocycles. The lowest BCUT2D eigenvalue weighted by Gasteiger charge is -2.30. The van der Waals surface area contributed by atoms with Crippen LogP contribution in [0.4, 0.5) is 34.1 Å². The number of ether oxygens (including phenoxy) is 2. The normalized spacial score (nSPS) is 11.3. The van der Waals surface area contributed by atoms with Gasteiger partial charge in [-0.05, 0) is 113 Å². The van der Waals surface area contributed by atoms with E-state index in [0.29, 0.717) is 0 Å². The van der Waals surface area contributed by atoms with Gasteiger partial charge in [-0.3, -0.25) is 0 Å². The third-order valence-electron chi connectivity index (χ3n) is 11.4. The molecular formula is C56H44N2O2. The van der Waals surface area contributed by atoms with Crippen LogP contribution in [0.5, 0.6) is 23.0 Å². The lowest BCUT2D eigenvalue weighted by atomic mass is 9.90. The highest BCUT2D eigenvalue weighted by Crippen LogP contribution is 2.53. The summed E-state index contributed by atoms with van der Waals surface area (Å²) < 4.78 is 13.9. The summed E-state index contributed by atoms with van der Waals surface area (Å²) in [4.78, 5) is 4.71. The summed E-state index contributed by atoms with van der Waals surface area (Å²) in [5.74, 6) is 3.09. The van der Waals surface area contributed by atoms with Crippen LogP contribution in [0.15, 0.2) is 194 Å². The first-order valence-corrected chi connectivity index (χ1v) is 20.5. The largest absolute Gasteiger partial charge is 0.457 e. The number of nitrogens with zero attached hydrogens (tertiary/aromatic N) is 2. The Balaban J connectivity index is 1.33.